The normalized spacial score (nSPS) is 19.9. The van der Waals surface area contributed by atoms with E-state index in [9.17, 15) is 13.5 Å². The number of sulfone groups is 1. The zero-order valence-corrected chi connectivity index (χ0v) is 11.1. The summed E-state index contributed by atoms with van der Waals surface area (Å²) < 4.78 is 22.9. The molecule has 0 saturated heterocycles. The largest absolute Gasteiger partial charge is 0.384 e. The van der Waals surface area contributed by atoms with Crippen LogP contribution in [0, 0.1) is 5.92 Å². The molecule has 1 aliphatic rings. The maximum atomic E-state index is 11.4. The molecule has 3 nitrogen and oxygen atoms in total. The van der Waals surface area contributed by atoms with Crippen LogP contribution in [0.3, 0.4) is 0 Å². The Kier molecular flexibility index (Phi) is 3.23. The predicted molar refractivity (Wildman–Crippen MR) is 67.8 cm³/mol. The topological polar surface area (TPSA) is 54.4 Å². The summed E-state index contributed by atoms with van der Waals surface area (Å²) in [5, 5.41) is 11.2. The lowest BCUT2D eigenvalue weighted by molar-refractivity contribution is 0.0367. The van der Waals surface area contributed by atoms with Gasteiger partial charge in [-0.15, -0.1) is 0 Å². The van der Waals surface area contributed by atoms with E-state index >= 15 is 0 Å². The lowest BCUT2D eigenvalue weighted by Crippen LogP contribution is -2.36. The van der Waals surface area contributed by atoms with Gasteiger partial charge in [-0.25, -0.2) is 8.42 Å². The molecule has 0 unspecified atom stereocenters. The second-order valence-corrected chi connectivity index (χ2v) is 7.35. The molecule has 1 fully saturated rings. The zero-order valence-electron chi connectivity index (χ0n) is 9.56. The molecule has 1 aliphatic carbocycles. The van der Waals surface area contributed by atoms with Gasteiger partial charge in [-0.05, 0) is 36.5 Å². The van der Waals surface area contributed by atoms with E-state index in [0.717, 1.165) is 19.1 Å². The van der Waals surface area contributed by atoms with Crippen molar-refractivity contribution in [2.75, 3.05) is 12.0 Å². The molecule has 0 aromatic heterocycles. The number of aliphatic hydroxyl groups is 1. The summed E-state index contributed by atoms with van der Waals surface area (Å²) in [6, 6.07) is 6.75. The fourth-order valence-electron chi connectivity index (χ4n) is 2.14. The maximum Gasteiger partial charge on any atom is 0.150 e. The van der Waals surface area contributed by atoms with Gasteiger partial charge in [0.2, 0.25) is 0 Å². The van der Waals surface area contributed by atoms with E-state index in [1.807, 2.05) is 0 Å². The zero-order chi connectivity index (χ0) is 12.7. The second-order valence-electron chi connectivity index (χ2n) is 4.78. The average molecular weight is 275 g/mol. The summed E-state index contributed by atoms with van der Waals surface area (Å²) in [6.07, 6.45) is 2.89. The molecule has 1 aromatic rings. The van der Waals surface area contributed by atoms with Crippen LogP contribution in [-0.4, -0.2) is 25.5 Å². The van der Waals surface area contributed by atoms with Crippen LogP contribution in [0.4, 0.5) is 0 Å². The first-order chi connectivity index (χ1) is 7.81. The van der Waals surface area contributed by atoms with Crippen molar-refractivity contribution in [2.24, 2.45) is 5.92 Å². The van der Waals surface area contributed by atoms with E-state index in [0.29, 0.717) is 10.6 Å². The van der Waals surface area contributed by atoms with E-state index in [2.05, 4.69) is 0 Å². The molecular weight excluding hydrogens is 260 g/mol. The van der Waals surface area contributed by atoms with Crippen LogP contribution >= 0.6 is 11.6 Å². The van der Waals surface area contributed by atoms with Crippen molar-refractivity contribution in [3.63, 3.8) is 0 Å². The summed E-state index contributed by atoms with van der Waals surface area (Å²) in [5.41, 5.74) is -0.632. The van der Waals surface area contributed by atoms with Gasteiger partial charge in [0.25, 0.3) is 0 Å². The third-order valence-electron chi connectivity index (χ3n) is 3.08. The lowest BCUT2D eigenvalue weighted by Gasteiger charge is -2.28. The Morgan fingerprint density at radius 2 is 1.88 bits per heavy atom. The number of hydrogen-bond acceptors (Lipinski definition) is 3. The number of rotatable bonds is 4. The van der Waals surface area contributed by atoms with Gasteiger partial charge in [0.1, 0.15) is 5.60 Å². The highest BCUT2D eigenvalue weighted by molar-refractivity contribution is 7.90. The summed E-state index contributed by atoms with van der Waals surface area (Å²) in [4.78, 5) is 0. The Morgan fingerprint density at radius 3 is 2.29 bits per heavy atom. The van der Waals surface area contributed by atoms with Crippen LogP contribution in [0.1, 0.15) is 18.4 Å². The first kappa shape index (κ1) is 12.9. The van der Waals surface area contributed by atoms with Crippen LogP contribution < -0.4 is 0 Å². The molecule has 0 bridgehead atoms. The number of hydrogen-bond donors (Lipinski definition) is 1. The van der Waals surface area contributed by atoms with Crippen LogP contribution in [0.2, 0.25) is 5.02 Å². The molecule has 94 valence electrons. The van der Waals surface area contributed by atoms with Crippen LogP contribution in [0.5, 0.6) is 0 Å². The molecule has 0 spiro atoms. The fourth-order valence-corrected chi connectivity index (χ4v) is 3.46. The minimum atomic E-state index is -3.23. The Bertz CT molecular complexity index is 505. The molecule has 5 heteroatoms. The van der Waals surface area contributed by atoms with Gasteiger partial charge in [-0.3, -0.25) is 0 Å². The molecule has 1 saturated carbocycles. The van der Waals surface area contributed by atoms with Crippen molar-refractivity contribution in [1.82, 2.24) is 0 Å². The van der Waals surface area contributed by atoms with Gasteiger partial charge in [-0.2, -0.15) is 0 Å². The third-order valence-corrected chi connectivity index (χ3v) is 4.30. The highest BCUT2D eigenvalue weighted by Gasteiger charge is 2.47. The second kappa shape index (κ2) is 4.26. The minimum absolute atomic E-state index is 0.0402. The summed E-state index contributed by atoms with van der Waals surface area (Å²) in [5.74, 6) is -0.190. The molecule has 2 rings (SSSR count). The Balaban J connectivity index is 2.37. The fraction of sp³-hybridized carbons (Fsp3) is 0.500. The minimum Gasteiger partial charge on any atom is -0.384 e. The van der Waals surface area contributed by atoms with Gasteiger partial charge < -0.3 is 5.11 Å². The highest BCUT2D eigenvalue weighted by Crippen LogP contribution is 2.46. The monoisotopic (exact) mass is 274 g/mol. The van der Waals surface area contributed by atoms with Crippen LogP contribution in [0.15, 0.2) is 24.3 Å². The maximum absolute atomic E-state index is 11.4. The highest BCUT2D eigenvalue weighted by atomic mass is 35.5. The first-order valence-corrected chi connectivity index (χ1v) is 7.91. The SMILES string of the molecule is CS(=O)(=O)C[C@@](O)(c1ccc(Cl)cc1)C1CC1. The molecule has 0 aliphatic heterocycles. The summed E-state index contributed by atoms with van der Waals surface area (Å²) in [7, 11) is -3.23. The molecule has 17 heavy (non-hydrogen) atoms. The Labute approximate surface area is 106 Å². The Morgan fingerprint density at radius 1 is 1.35 bits per heavy atom. The van der Waals surface area contributed by atoms with Crippen LogP contribution in [-0.2, 0) is 15.4 Å². The molecule has 1 aromatic carbocycles. The number of halogens is 1. The number of benzene rings is 1. The van der Waals surface area contributed by atoms with Gasteiger partial charge in [0.15, 0.2) is 9.84 Å². The molecule has 0 heterocycles. The van der Waals surface area contributed by atoms with E-state index in [1.54, 1.807) is 24.3 Å². The van der Waals surface area contributed by atoms with Gasteiger partial charge in [0.05, 0.1) is 5.75 Å². The van der Waals surface area contributed by atoms with Crippen LogP contribution in [0.25, 0.3) is 0 Å². The van der Waals surface area contributed by atoms with Gasteiger partial charge in [-0.1, -0.05) is 23.7 Å². The summed E-state index contributed by atoms with van der Waals surface area (Å²) >= 11 is 5.79. The molecule has 1 N–H and O–H groups in total. The average Bonchev–Trinajstić information content (AvgIpc) is 2.98. The van der Waals surface area contributed by atoms with Crippen molar-refractivity contribution in [3.05, 3.63) is 34.9 Å². The summed E-state index contributed by atoms with van der Waals surface area (Å²) in [6.45, 7) is 0. The first-order valence-electron chi connectivity index (χ1n) is 5.47. The van der Waals surface area contributed by atoms with Crippen molar-refractivity contribution in [3.8, 4) is 0 Å². The lowest BCUT2D eigenvalue weighted by atomic mass is 9.91. The van der Waals surface area contributed by atoms with E-state index in [-0.39, 0.29) is 11.7 Å². The van der Waals surface area contributed by atoms with E-state index < -0.39 is 15.4 Å². The van der Waals surface area contributed by atoms with E-state index in [1.165, 1.54) is 0 Å². The van der Waals surface area contributed by atoms with Crippen molar-refractivity contribution < 1.29 is 13.5 Å². The molecular formula is C12H15ClO3S. The smallest absolute Gasteiger partial charge is 0.150 e. The van der Waals surface area contributed by atoms with Crippen molar-refractivity contribution in [2.45, 2.75) is 18.4 Å². The van der Waals surface area contributed by atoms with Crippen molar-refractivity contribution in [1.29, 1.82) is 0 Å². The van der Waals surface area contributed by atoms with E-state index in [4.69, 9.17) is 11.6 Å². The van der Waals surface area contributed by atoms with Crippen molar-refractivity contribution >= 4 is 21.4 Å². The van der Waals surface area contributed by atoms with Gasteiger partial charge in [0, 0.05) is 11.3 Å². The Hall–Kier alpha value is -0.580. The standard InChI is InChI=1S/C12H15ClO3S/c1-17(15,16)8-12(14,9-2-3-9)10-4-6-11(13)7-5-10/h4-7,9,14H,2-3,8H2,1H3/t12-/m0/s1. The molecule has 0 amide bonds. The predicted octanol–water partition coefficient (Wildman–Crippen LogP) is 1.98. The molecule has 1 atom stereocenters. The third kappa shape index (κ3) is 3.00. The van der Waals surface area contributed by atoms with Gasteiger partial charge >= 0.3 is 0 Å². The quantitative estimate of drug-likeness (QED) is 0.913. The molecule has 0 radical (unpaired) electrons.